The third kappa shape index (κ3) is 8.54. The van der Waals surface area contributed by atoms with E-state index in [2.05, 4.69) is 12.2 Å². The summed E-state index contributed by atoms with van der Waals surface area (Å²) >= 11 is 0. The maximum Gasteiger partial charge on any atom is 0.215 e. The molecule has 0 spiro atoms. The normalized spacial score (nSPS) is 12.6. The van der Waals surface area contributed by atoms with Crippen LogP contribution in [0.5, 0.6) is 0 Å². The first-order chi connectivity index (χ1) is 7.90. The van der Waals surface area contributed by atoms with E-state index < -0.39 is 10.0 Å². The van der Waals surface area contributed by atoms with Crippen molar-refractivity contribution in [2.75, 3.05) is 39.0 Å². The highest BCUT2D eigenvalue weighted by atomic mass is 32.2. The first kappa shape index (κ1) is 16.8. The topological polar surface area (TPSA) is 58.6 Å². The van der Waals surface area contributed by atoms with Gasteiger partial charge in [0.1, 0.15) is 0 Å². The molecule has 1 N–H and O–H groups in total. The second-order valence-electron chi connectivity index (χ2n) is 4.31. The summed E-state index contributed by atoms with van der Waals surface area (Å²) in [4.78, 5) is 0. The summed E-state index contributed by atoms with van der Waals surface area (Å²) in [5.74, 6) is 0.144. The summed E-state index contributed by atoms with van der Waals surface area (Å²) in [5, 5.41) is 3.08. The zero-order valence-corrected chi connectivity index (χ0v) is 12.2. The first-order valence-electron chi connectivity index (χ1n) is 6.16. The Morgan fingerprint density at radius 2 is 1.94 bits per heavy atom. The van der Waals surface area contributed by atoms with E-state index in [1.807, 2.05) is 13.8 Å². The molecule has 6 heteroatoms. The van der Waals surface area contributed by atoms with Crippen LogP contribution in [0.2, 0.25) is 0 Å². The largest absolute Gasteiger partial charge is 0.377 e. The van der Waals surface area contributed by atoms with E-state index in [4.69, 9.17) is 4.74 Å². The molecule has 0 aromatic rings. The van der Waals surface area contributed by atoms with Crippen LogP contribution in [-0.2, 0) is 14.8 Å². The molecule has 0 radical (unpaired) electrons. The molecule has 0 aliphatic heterocycles. The molecule has 0 amide bonds. The number of nitrogens with zero attached hydrogens (tertiary/aromatic N) is 1. The lowest BCUT2D eigenvalue weighted by molar-refractivity contribution is 0.0737. The highest BCUT2D eigenvalue weighted by Gasteiger charge is 2.16. The number of sulfonamides is 1. The Balaban J connectivity index is 3.86. The van der Waals surface area contributed by atoms with Crippen molar-refractivity contribution < 1.29 is 13.2 Å². The van der Waals surface area contributed by atoms with Crippen LogP contribution in [0.1, 0.15) is 27.2 Å². The molecule has 0 aromatic carbocycles. The van der Waals surface area contributed by atoms with Crippen LogP contribution < -0.4 is 5.32 Å². The molecule has 0 rings (SSSR count). The van der Waals surface area contributed by atoms with Gasteiger partial charge in [0.25, 0.3) is 0 Å². The Labute approximate surface area is 106 Å². The molecule has 0 aliphatic carbocycles. The standard InChI is InChI=1S/C11H26N2O3S/c1-5-6-12-7-10-17(14,15)13(4)8-9-16-11(2)3/h11-12H,5-10H2,1-4H3. The summed E-state index contributed by atoms with van der Waals surface area (Å²) in [6, 6.07) is 0. The van der Waals surface area contributed by atoms with Gasteiger partial charge < -0.3 is 10.1 Å². The molecule has 0 unspecified atom stereocenters. The van der Waals surface area contributed by atoms with Crippen LogP contribution in [0, 0.1) is 0 Å². The summed E-state index contributed by atoms with van der Waals surface area (Å²) in [6.07, 6.45) is 1.15. The predicted molar refractivity (Wildman–Crippen MR) is 70.7 cm³/mol. The SMILES string of the molecule is CCCNCCS(=O)(=O)N(C)CCOC(C)C. The molecular formula is C11H26N2O3S. The van der Waals surface area contributed by atoms with Gasteiger partial charge in [-0.3, -0.25) is 0 Å². The van der Waals surface area contributed by atoms with Crippen molar-refractivity contribution in [2.45, 2.75) is 33.3 Å². The number of hydrogen-bond donors (Lipinski definition) is 1. The van der Waals surface area contributed by atoms with Crippen molar-refractivity contribution in [2.24, 2.45) is 0 Å². The van der Waals surface area contributed by atoms with Gasteiger partial charge in [-0.05, 0) is 26.8 Å². The second-order valence-corrected chi connectivity index (χ2v) is 6.50. The zero-order chi connectivity index (χ0) is 13.3. The lowest BCUT2D eigenvalue weighted by Gasteiger charge is -2.18. The molecule has 0 fully saturated rings. The maximum absolute atomic E-state index is 11.8. The van der Waals surface area contributed by atoms with Crippen molar-refractivity contribution in [3.05, 3.63) is 0 Å². The fraction of sp³-hybridized carbons (Fsp3) is 1.00. The van der Waals surface area contributed by atoms with E-state index in [1.165, 1.54) is 4.31 Å². The summed E-state index contributed by atoms with van der Waals surface area (Å²) in [6.45, 7) is 8.13. The molecule has 0 bridgehead atoms. The quantitative estimate of drug-likeness (QED) is 0.591. The van der Waals surface area contributed by atoms with Crippen LogP contribution in [0.25, 0.3) is 0 Å². The van der Waals surface area contributed by atoms with Crippen LogP contribution in [-0.4, -0.2) is 57.9 Å². The first-order valence-corrected chi connectivity index (χ1v) is 7.77. The highest BCUT2D eigenvalue weighted by molar-refractivity contribution is 7.89. The van der Waals surface area contributed by atoms with Gasteiger partial charge >= 0.3 is 0 Å². The Bertz CT molecular complexity index is 278. The van der Waals surface area contributed by atoms with Crippen molar-refractivity contribution in [3.63, 3.8) is 0 Å². The van der Waals surface area contributed by atoms with Gasteiger partial charge in [-0.1, -0.05) is 6.92 Å². The number of nitrogens with one attached hydrogen (secondary N) is 1. The summed E-state index contributed by atoms with van der Waals surface area (Å²) in [7, 11) is -1.55. The molecular weight excluding hydrogens is 240 g/mol. The number of ether oxygens (including phenoxy) is 1. The van der Waals surface area contributed by atoms with Crippen molar-refractivity contribution in [3.8, 4) is 0 Å². The molecule has 0 atom stereocenters. The lowest BCUT2D eigenvalue weighted by Crippen LogP contribution is -2.36. The van der Waals surface area contributed by atoms with E-state index >= 15 is 0 Å². The van der Waals surface area contributed by atoms with Gasteiger partial charge in [-0.25, -0.2) is 12.7 Å². The third-order valence-electron chi connectivity index (χ3n) is 2.30. The van der Waals surface area contributed by atoms with Crippen LogP contribution in [0.15, 0.2) is 0 Å². The number of likely N-dealkylation sites (N-methyl/N-ethyl adjacent to an activating group) is 1. The molecule has 104 valence electrons. The van der Waals surface area contributed by atoms with Gasteiger partial charge in [-0.15, -0.1) is 0 Å². The van der Waals surface area contributed by atoms with E-state index in [0.29, 0.717) is 19.7 Å². The van der Waals surface area contributed by atoms with Crippen molar-refractivity contribution in [1.29, 1.82) is 0 Å². The number of hydrogen-bond acceptors (Lipinski definition) is 4. The lowest BCUT2D eigenvalue weighted by atomic mass is 10.5. The third-order valence-corrected chi connectivity index (χ3v) is 4.15. The average Bonchev–Trinajstić information content (AvgIpc) is 2.23. The van der Waals surface area contributed by atoms with Gasteiger partial charge in [0, 0.05) is 20.1 Å². The van der Waals surface area contributed by atoms with Gasteiger partial charge in [0.2, 0.25) is 10.0 Å². The van der Waals surface area contributed by atoms with Crippen LogP contribution >= 0.6 is 0 Å². The summed E-state index contributed by atoms with van der Waals surface area (Å²) in [5.41, 5.74) is 0. The van der Waals surface area contributed by atoms with Gasteiger partial charge in [0.05, 0.1) is 18.5 Å². The minimum atomic E-state index is -3.15. The highest BCUT2D eigenvalue weighted by Crippen LogP contribution is 1.98. The van der Waals surface area contributed by atoms with E-state index in [-0.39, 0.29) is 11.9 Å². The van der Waals surface area contributed by atoms with Crippen molar-refractivity contribution >= 4 is 10.0 Å². The molecule has 0 aliphatic rings. The average molecular weight is 266 g/mol. The molecule has 0 heterocycles. The second kappa shape index (κ2) is 8.85. The fourth-order valence-electron chi connectivity index (χ4n) is 1.21. The van der Waals surface area contributed by atoms with Gasteiger partial charge in [-0.2, -0.15) is 0 Å². The number of rotatable bonds is 10. The van der Waals surface area contributed by atoms with E-state index in [0.717, 1.165) is 13.0 Å². The van der Waals surface area contributed by atoms with Crippen LogP contribution in [0.4, 0.5) is 0 Å². The molecule has 0 saturated heterocycles. The van der Waals surface area contributed by atoms with Crippen molar-refractivity contribution in [1.82, 2.24) is 9.62 Å². The molecule has 5 nitrogen and oxygen atoms in total. The maximum atomic E-state index is 11.8. The minimum absolute atomic E-state index is 0.136. The smallest absolute Gasteiger partial charge is 0.215 e. The molecule has 0 aromatic heterocycles. The molecule has 0 saturated carbocycles. The van der Waals surface area contributed by atoms with Gasteiger partial charge in [0.15, 0.2) is 0 Å². The Hall–Kier alpha value is -0.170. The minimum Gasteiger partial charge on any atom is -0.377 e. The monoisotopic (exact) mass is 266 g/mol. The summed E-state index contributed by atoms with van der Waals surface area (Å²) < 4.78 is 30.3. The molecule has 17 heavy (non-hydrogen) atoms. The van der Waals surface area contributed by atoms with E-state index in [1.54, 1.807) is 7.05 Å². The fourth-order valence-corrected chi connectivity index (χ4v) is 2.28. The van der Waals surface area contributed by atoms with Crippen LogP contribution in [0.3, 0.4) is 0 Å². The predicted octanol–water partition coefficient (Wildman–Crippen LogP) is 0.673. The Morgan fingerprint density at radius 3 is 2.47 bits per heavy atom. The Morgan fingerprint density at radius 1 is 1.29 bits per heavy atom. The zero-order valence-electron chi connectivity index (χ0n) is 11.4. The Kier molecular flexibility index (Phi) is 8.77. The van der Waals surface area contributed by atoms with E-state index in [9.17, 15) is 8.42 Å².